The smallest absolute Gasteiger partial charge is 0.230 e. The van der Waals surface area contributed by atoms with E-state index >= 15 is 0 Å². The molecule has 1 rings (SSSR count). The Morgan fingerprint density at radius 3 is 2.47 bits per heavy atom. The first-order valence-corrected chi connectivity index (χ1v) is 5.58. The number of benzene rings is 1. The quantitative estimate of drug-likeness (QED) is 0.443. The van der Waals surface area contributed by atoms with Crippen LogP contribution < -0.4 is 0 Å². The van der Waals surface area contributed by atoms with Gasteiger partial charge in [-0.05, 0) is 6.92 Å². The van der Waals surface area contributed by atoms with Gasteiger partial charge < -0.3 is 4.90 Å². The lowest BCUT2D eigenvalue weighted by atomic mass is 10.1. The normalized spacial score (nSPS) is 10.5. The lowest BCUT2D eigenvalue weighted by molar-refractivity contribution is -0.128. The van der Waals surface area contributed by atoms with E-state index in [1.807, 2.05) is 25.1 Å². The number of allylic oxidation sites excluding steroid dienone is 1. The van der Waals surface area contributed by atoms with Gasteiger partial charge in [-0.15, -0.1) is 0 Å². The first kappa shape index (κ1) is 13.2. The Kier molecular flexibility index (Phi) is 5.14. The van der Waals surface area contributed by atoms with Crippen molar-refractivity contribution in [2.45, 2.75) is 13.3 Å². The van der Waals surface area contributed by atoms with Crippen LogP contribution >= 0.6 is 0 Å². The summed E-state index contributed by atoms with van der Waals surface area (Å²) in [7, 11) is 1.70. The molecule has 3 heteroatoms. The lowest BCUT2D eigenvalue weighted by Gasteiger charge is -2.14. The molecule has 0 fully saturated rings. The molecule has 0 aliphatic rings. The molecule has 0 heterocycles. The molecule has 0 spiro atoms. The highest BCUT2D eigenvalue weighted by Crippen LogP contribution is 2.04. The van der Waals surface area contributed by atoms with E-state index in [0.717, 1.165) is 0 Å². The molecular weight excluding hydrogens is 214 g/mol. The first-order valence-electron chi connectivity index (χ1n) is 5.58. The Morgan fingerprint density at radius 1 is 1.24 bits per heavy atom. The van der Waals surface area contributed by atoms with E-state index in [-0.39, 0.29) is 18.1 Å². The van der Waals surface area contributed by atoms with Crippen LogP contribution in [-0.2, 0) is 4.79 Å². The molecule has 1 aromatic carbocycles. The molecule has 0 atom stereocenters. The van der Waals surface area contributed by atoms with Crippen molar-refractivity contribution >= 4 is 11.7 Å². The summed E-state index contributed by atoms with van der Waals surface area (Å²) in [5, 5.41) is 0. The van der Waals surface area contributed by atoms with Gasteiger partial charge in [0.1, 0.15) is 0 Å². The SMILES string of the molecule is C/C=C/CN(C)C(=O)CC(=O)c1ccccc1. The molecule has 90 valence electrons. The van der Waals surface area contributed by atoms with Crippen molar-refractivity contribution in [1.29, 1.82) is 0 Å². The molecule has 1 aromatic rings. The van der Waals surface area contributed by atoms with Crippen molar-refractivity contribution in [2.75, 3.05) is 13.6 Å². The summed E-state index contributed by atoms with van der Waals surface area (Å²) in [6.07, 6.45) is 3.69. The minimum absolute atomic E-state index is 0.0714. The summed E-state index contributed by atoms with van der Waals surface area (Å²) in [5.74, 6) is -0.292. The number of carbonyl (C=O) groups is 2. The Balaban J connectivity index is 2.54. The Morgan fingerprint density at radius 2 is 1.88 bits per heavy atom. The maximum Gasteiger partial charge on any atom is 0.230 e. The molecule has 0 unspecified atom stereocenters. The number of hydrogen-bond acceptors (Lipinski definition) is 2. The summed E-state index contributed by atoms with van der Waals surface area (Å²) in [6, 6.07) is 8.88. The number of amides is 1. The fourth-order valence-electron chi connectivity index (χ4n) is 1.36. The summed E-state index contributed by atoms with van der Waals surface area (Å²) in [5.41, 5.74) is 0.584. The zero-order valence-corrected chi connectivity index (χ0v) is 10.2. The van der Waals surface area contributed by atoms with Crippen molar-refractivity contribution in [3.8, 4) is 0 Å². The Labute approximate surface area is 102 Å². The lowest BCUT2D eigenvalue weighted by Crippen LogP contribution is -2.28. The van der Waals surface area contributed by atoms with E-state index in [4.69, 9.17) is 0 Å². The van der Waals surface area contributed by atoms with Crippen molar-refractivity contribution in [2.24, 2.45) is 0 Å². The molecule has 0 saturated carbocycles. The Bertz CT molecular complexity index is 409. The second-order valence-corrected chi connectivity index (χ2v) is 3.81. The van der Waals surface area contributed by atoms with Crippen LogP contribution in [0.4, 0.5) is 0 Å². The number of rotatable bonds is 5. The first-order chi connectivity index (χ1) is 8.15. The molecule has 3 nitrogen and oxygen atoms in total. The number of carbonyl (C=O) groups excluding carboxylic acids is 2. The van der Waals surface area contributed by atoms with Gasteiger partial charge in [-0.2, -0.15) is 0 Å². The monoisotopic (exact) mass is 231 g/mol. The van der Waals surface area contributed by atoms with Gasteiger partial charge in [0.25, 0.3) is 0 Å². The molecular formula is C14H17NO2. The van der Waals surface area contributed by atoms with Crippen LogP contribution in [0.5, 0.6) is 0 Å². The highest BCUT2D eigenvalue weighted by atomic mass is 16.2. The van der Waals surface area contributed by atoms with E-state index in [0.29, 0.717) is 12.1 Å². The summed E-state index contributed by atoms with van der Waals surface area (Å²) in [4.78, 5) is 25.0. The maximum atomic E-state index is 11.8. The van der Waals surface area contributed by atoms with Gasteiger partial charge in [0.2, 0.25) is 5.91 Å². The van der Waals surface area contributed by atoms with Gasteiger partial charge in [-0.1, -0.05) is 42.5 Å². The van der Waals surface area contributed by atoms with Crippen LogP contribution in [0, 0.1) is 0 Å². The van der Waals surface area contributed by atoms with E-state index in [2.05, 4.69) is 0 Å². The molecule has 0 radical (unpaired) electrons. The minimum Gasteiger partial charge on any atom is -0.342 e. The fourth-order valence-corrected chi connectivity index (χ4v) is 1.36. The summed E-state index contributed by atoms with van der Waals surface area (Å²) in [6.45, 7) is 2.44. The van der Waals surface area contributed by atoms with Crippen molar-refractivity contribution in [1.82, 2.24) is 4.90 Å². The Hall–Kier alpha value is -1.90. The fraction of sp³-hybridized carbons (Fsp3) is 0.286. The van der Waals surface area contributed by atoms with E-state index in [1.165, 1.54) is 0 Å². The number of Topliss-reactive ketones (excluding diaryl/α,β-unsaturated/α-hetero) is 1. The zero-order chi connectivity index (χ0) is 12.7. The summed E-state index contributed by atoms with van der Waals surface area (Å²) < 4.78 is 0. The average Bonchev–Trinajstić information content (AvgIpc) is 2.36. The van der Waals surface area contributed by atoms with Gasteiger partial charge in [0.15, 0.2) is 5.78 Å². The van der Waals surface area contributed by atoms with E-state index < -0.39 is 0 Å². The maximum absolute atomic E-state index is 11.8. The average molecular weight is 231 g/mol. The molecule has 0 aliphatic carbocycles. The van der Waals surface area contributed by atoms with Crippen molar-refractivity contribution < 1.29 is 9.59 Å². The second kappa shape index (κ2) is 6.63. The van der Waals surface area contributed by atoms with E-state index in [1.54, 1.807) is 36.2 Å². The van der Waals surface area contributed by atoms with Crippen molar-refractivity contribution in [3.05, 3.63) is 48.0 Å². The third-order valence-electron chi connectivity index (χ3n) is 2.45. The molecule has 0 aromatic heterocycles. The molecule has 0 bridgehead atoms. The molecule has 17 heavy (non-hydrogen) atoms. The van der Waals surface area contributed by atoms with Gasteiger partial charge in [0.05, 0.1) is 6.42 Å². The zero-order valence-electron chi connectivity index (χ0n) is 10.2. The van der Waals surface area contributed by atoms with Crippen LogP contribution in [0.25, 0.3) is 0 Å². The largest absolute Gasteiger partial charge is 0.342 e. The second-order valence-electron chi connectivity index (χ2n) is 3.81. The summed E-state index contributed by atoms with van der Waals surface area (Å²) >= 11 is 0. The predicted octanol–water partition coefficient (Wildman–Crippen LogP) is 2.29. The van der Waals surface area contributed by atoms with Gasteiger partial charge in [0, 0.05) is 19.2 Å². The van der Waals surface area contributed by atoms with Crippen LogP contribution in [0.1, 0.15) is 23.7 Å². The molecule has 0 saturated heterocycles. The number of nitrogens with zero attached hydrogens (tertiary/aromatic N) is 1. The van der Waals surface area contributed by atoms with Gasteiger partial charge in [-0.25, -0.2) is 0 Å². The minimum atomic E-state index is -0.156. The number of hydrogen-bond donors (Lipinski definition) is 0. The van der Waals surface area contributed by atoms with Crippen LogP contribution in [0.2, 0.25) is 0 Å². The van der Waals surface area contributed by atoms with Gasteiger partial charge in [-0.3, -0.25) is 9.59 Å². The highest BCUT2D eigenvalue weighted by Gasteiger charge is 2.14. The van der Waals surface area contributed by atoms with Crippen LogP contribution in [-0.4, -0.2) is 30.2 Å². The highest BCUT2D eigenvalue weighted by molar-refractivity contribution is 6.07. The number of likely N-dealkylation sites (N-methyl/N-ethyl adjacent to an activating group) is 1. The van der Waals surface area contributed by atoms with Gasteiger partial charge >= 0.3 is 0 Å². The van der Waals surface area contributed by atoms with E-state index in [9.17, 15) is 9.59 Å². The third kappa shape index (κ3) is 4.23. The topological polar surface area (TPSA) is 37.4 Å². The predicted molar refractivity (Wildman–Crippen MR) is 67.8 cm³/mol. The third-order valence-corrected chi connectivity index (χ3v) is 2.45. The molecule has 0 aliphatic heterocycles. The van der Waals surface area contributed by atoms with Crippen molar-refractivity contribution in [3.63, 3.8) is 0 Å². The molecule has 1 amide bonds. The van der Waals surface area contributed by atoms with Crippen LogP contribution in [0.15, 0.2) is 42.5 Å². The molecule has 0 N–H and O–H groups in total. The van der Waals surface area contributed by atoms with Crippen LogP contribution in [0.3, 0.4) is 0 Å². The standard InChI is InChI=1S/C14H17NO2/c1-3-4-10-15(2)14(17)11-13(16)12-8-6-5-7-9-12/h3-9H,10-11H2,1-2H3/b4-3+. The number of ketones is 1.